The summed E-state index contributed by atoms with van der Waals surface area (Å²) in [5.74, 6) is -0.703. The van der Waals surface area contributed by atoms with Crippen LogP contribution in [0.3, 0.4) is 0 Å². The number of nitro benzene ring substituents is 1. The van der Waals surface area contributed by atoms with Gasteiger partial charge in [0.2, 0.25) is 5.91 Å². The van der Waals surface area contributed by atoms with Crippen LogP contribution in [0, 0.1) is 10.1 Å². The Hall–Kier alpha value is -3.09. The summed E-state index contributed by atoms with van der Waals surface area (Å²) in [4.78, 5) is 21.9. The Kier molecular flexibility index (Phi) is 5.14. The molecule has 0 unspecified atom stereocenters. The van der Waals surface area contributed by atoms with E-state index in [1.165, 1.54) is 24.3 Å². The maximum atomic E-state index is 11.8. The minimum absolute atomic E-state index is 0.0323. The lowest BCUT2D eigenvalue weighted by Crippen LogP contribution is -2.27. The summed E-state index contributed by atoms with van der Waals surface area (Å²) in [7, 11) is 0. The van der Waals surface area contributed by atoms with Crippen LogP contribution in [0.25, 0.3) is 0 Å². The molecule has 120 valence electrons. The van der Waals surface area contributed by atoms with Crippen molar-refractivity contribution in [1.29, 1.82) is 0 Å². The zero-order valence-electron chi connectivity index (χ0n) is 12.2. The van der Waals surface area contributed by atoms with Gasteiger partial charge in [0.25, 0.3) is 5.69 Å². The van der Waals surface area contributed by atoms with Gasteiger partial charge in [-0.3, -0.25) is 14.9 Å². The largest absolute Gasteiger partial charge is 0.504 e. The molecule has 0 bridgehead atoms. The predicted octanol–water partition coefficient (Wildman–Crippen LogP) is 1.91. The van der Waals surface area contributed by atoms with Crippen LogP contribution < -0.4 is 5.32 Å². The first-order chi connectivity index (χ1) is 11.0. The van der Waals surface area contributed by atoms with Gasteiger partial charge in [0.1, 0.15) is 0 Å². The lowest BCUT2D eigenvalue weighted by Gasteiger charge is -2.06. The fourth-order valence-electron chi connectivity index (χ4n) is 2.06. The summed E-state index contributed by atoms with van der Waals surface area (Å²) >= 11 is 0. The summed E-state index contributed by atoms with van der Waals surface area (Å²) < 4.78 is 0. The first kappa shape index (κ1) is 16.3. The second-order valence-electron chi connectivity index (χ2n) is 5.02. The first-order valence-electron chi connectivity index (χ1n) is 6.96. The van der Waals surface area contributed by atoms with Crippen LogP contribution in [0.4, 0.5) is 5.69 Å². The zero-order valence-corrected chi connectivity index (χ0v) is 12.2. The molecule has 0 atom stereocenters. The molecule has 2 aromatic carbocycles. The fourth-order valence-corrected chi connectivity index (χ4v) is 2.06. The van der Waals surface area contributed by atoms with Gasteiger partial charge in [0, 0.05) is 18.7 Å². The van der Waals surface area contributed by atoms with Crippen LogP contribution in [0.2, 0.25) is 0 Å². The van der Waals surface area contributed by atoms with Crippen molar-refractivity contribution in [3.8, 4) is 11.5 Å². The van der Waals surface area contributed by atoms with E-state index in [0.29, 0.717) is 18.5 Å². The molecular weight excluding hydrogens is 300 g/mol. The molecule has 7 heteroatoms. The number of aromatic hydroxyl groups is 2. The van der Waals surface area contributed by atoms with Crippen molar-refractivity contribution in [1.82, 2.24) is 5.32 Å². The van der Waals surface area contributed by atoms with Gasteiger partial charge < -0.3 is 15.5 Å². The van der Waals surface area contributed by atoms with Crippen molar-refractivity contribution in [2.75, 3.05) is 6.54 Å². The third-order valence-electron chi connectivity index (χ3n) is 3.29. The Bertz CT molecular complexity index is 713. The van der Waals surface area contributed by atoms with Crippen LogP contribution in [-0.4, -0.2) is 27.6 Å². The van der Waals surface area contributed by atoms with Gasteiger partial charge in [-0.1, -0.05) is 18.2 Å². The van der Waals surface area contributed by atoms with E-state index in [-0.39, 0.29) is 29.5 Å². The first-order valence-corrected chi connectivity index (χ1v) is 6.96. The van der Waals surface area contributed by atoms with E-state index in [4.69, 9.17) is 0 Å². The van der Waals surface area contributed by atoms with Crippen LogP contribution in [0.15, 0.2) is 42.5 Å². The highest BCUT2D eigenvalue weighted by atomic mass is 16.6. The van der Waals surface area contributed by atoms with Crippen molar-refractivity contribution in [2.45, 2.75) is 12.8 Å². The van der Waals surface area contributed by atoms with E-state index < -0.39 is 4.92 Å². The quantitative estimate of drug-likeness (QED) is 0.428. The average molecular weight is 316 g/mol. The molecule has 1 amide bonds. The molecule has 0 saturated heterocycles. The molecule has 3 N–H and O–H groups in total. The minimum atomic E-state index is -0.460. The molecular formula is C16H16N2O5. The second kappa shape index (κ2) is 7.26. The molecule has 7 nitrogen and oxygen atoms in total. The molecule has 0 aliphatic rings. The Labute approximate surface area is 132 Å². The molecule has 0 aliphatic heterocycles. The molecule has 0 spiro atoms. The van der Waals surface area contributed by atoms with Crippen molar-refractivity contribution in [2.24, 2.45) is 0 Å². The maximum absolute atomic E-state index is 11.8. The van der Waals surface area contributed by atoms with E-state index in [1.807, 2.05) is 0 Å². The van der Waals surface area contributed by atoms with E-state index >= 15 is 0 Å². The van der Waals surface area contributed by atoms with Crippen molar-refractivity contribution in [3.05, 3.63) is 63.7 Å². The number of carbonyl (C=O) groups excluding carboxylic acids is 1. The molecule has 0 heterocycles. The standard InChI is InChI=1S/C16H16N2O5/c19-14-6-3-12(9-15(14)20)10-16(21)17-8-7-11-1-4-13(5-2-11)18(22)23/h1-6,9,19-20H,7-8,10H2,(H,17,21). The number of phenols is 2. The number of amides is 1. The number of phenolic OH excluding ortho intramolecular Hbond substituents is 2. The monoisotopic (exact) mass is 316 g/mol. The van der Waals surface area contributed by atoms with Crippen molar-refractivity contribution >= 4 is 11.6 Å². The summed E-state index contributed by atoms with van der Waals surface area (Å²) in [6.45, 7) is 0.403. The third kappa shape index (κ3) is 4.70. The number of benzene rings is 2. The van der Waals surface area contributed by atoms with Gasteiger partial charge in [-0.05, 0) is 29.7 Å². The highest BCUT2D eigenvalue weighted by Crippen LogP contribution is 2.24. The number of nitrogens with one attached hydrogen (secondary N) is 1. The maximum Gasteiger partial charge on any atom is 0.269 e. The third-order valence-corrected chi connectivity index (χ3v) is 3.29. The zero-order chi connectivity index (χ0) is 16.8. The topological polar surface area (TPSA) is 113 Å². The molecule has 23 heavy (non-hydrogen) atoms. The van der Waals surface area contributed by atoms with Gasteiger partial charge in [-0.15, -0.1) is 0 Å². The number of nitrogens with zero attached hydrogens (tertiary/aromatic N) is 1. The Morgan fingerprint density at radius 3 is 2.30 bits per heavy atom. The van der Waals surface area contributed by atoms with Gasteiger partial charge >= 0.3 is 0 Å². The van der Waals surface area contributed by atoms with E-state index in [0.717, 1.165) is 5.56 Å². The number of carbonyl (C=O) groups is 1. The van der Waals surface area contributed by atoms with E-state index in [2.05, 4.69) is 5.32 Å². The average Bonchev–Trinajstić information content (AvgIpc) is 2.51. The Morgan fingerprint density at radius 1 is 1.04 bits per heavy atom. The second-order valence-corrected chi connectivity index (χ2v) is 5.02. The number of non-ortho nitro benzene ring substituents is 1. The Morgan fingerprint density at radius 2 is 1.70 bits per heavy atom. The highest BCUT2D eigenvalue weighted by Gasteiger charge is 2.07. The number of rotatable bonds is 6. The van der Waals surface area contributed by atoms with Crippen molar-refractivity contribution < 1.29 is 19.9 Å². The molecule has 0 aromatic heterocycles. The Balaban J connectivity index is 1.80. The SMILES string of the molecule is O=C(Cc1ccc(O)c(O)c1)NCCc1ccc([N+](=O)[O-])cc1. The summed E-state index contributed by atoms with van der Waals surface area (Å²) in [6.07, 6.45) is 0.651. The van der Waals surface area contributed by atoms with Crippen LogP contribution >= 0.6 is 0 Å². The lowest BCUT2D eigenvalue weighted by molar-refractivity contribution is -0.384. The van der Waals surface area contributed by atoms with Gasteiger partial charge in [-0.25, -0.2) is 0 Å². The molecule has 0 aliphatic carbocycles. The number of hydrogen-bond donors (Lipinski definition) is 3. The van der Waals surface area contributed by atoms with Gasteiger partial charge in [0.05, 0.1) is 11.3 Å². The van der Waals surface area contributed by atoms with Crippen molar-refractivity contribution in [3.63, 3.8) is 0 Å². The molecule has 2 aromatic rings. The smallest absolute Gasteiger partial charge is 0.269 e. The molecule has 2 rings (SSSR count). The fraction of sp³-hybridized carbons (Fsp3) is 0.188. The van der Waals surface area contributed by atoms with Crippen LogP contribution in [0.1, 0.15) is 11.1 Å². The summed E-state index contributed by atoms with van der Waals surface area (Å²) in [6, 6.07) is 10.4. The number of hydrogen-bond acceptors (Lipinski definition) is 5. The normalized spacial score (nSPS) is 10.3. The summed E-state index contributed by atoms with van der Waals surface area (Å²) in [5, 5.41) is 31.9. The van der Waals surface area contributed by atoms with E-state index in [1.54, 1.807) is 18.2 Å². The lowest BCUT2D eigenvalue weighted by atomic mass is 10.1. The summed E-state index contributed by atoms with van der Waals surface area (Å²) in [5.41, 5.74) is 1.51. The van der Waals surface area contributed by atoms with Crippen LogP contribution in [-0.2, 0) is 17.6 Å². The molecule has 0 fully saturated rings. The van der Waals surface area contributed by atoms with Crippen LogP contribution in [0.5, 0.6) is 11.5 Å². The molecule has 0 radical (unpaired) electrons. The highest BCUT2D eigenvalue weighted by molar-refractivity contribution is 5.78. The minimum Gasteiger partial charge on any atom is -0.504 e. The van der Waals surface area contributed by atoms with E-state index in [9.17, 15) is 25.1 Å². The predicted molar refractivity (Wildman–Crippen MR) is 83.3 cm³/mol. The number of nitro groups is 1. The van der Waals surface area contributed by atoms with Gasteiger partial charge in [-0.2, -0.15) is 0 Å². The van der Waals surface area contributed by atoms with Gasteiger partial charge in [0.15, 0.2) is 11.5 Å². The molecule has 0 saturated carbocycles.